The first-order valence-corrected chi connectivity index (χ1v) is 9.33. The van der Waals surface area contributed by atoms with Gasteiger partial charge in [0, 0.05) is 12.0 Å². The Bertz CT molecular complexity index is 906. The van der Waals surface area contributed by atoms with Gasteiger partial charge in [-0.2, -0.15) is 0 Å². The molecule has 0 saturated heterocycles. The van der Waals surface area contributed by atoms with Crippen LogP contribution in [-0.4, -0.2) is 44.0 Å². The molecule has 0 radical (unpaired) electrons. The highest BCUT2D eigenvalue weighted by Crippen LogP contribution is 2.16. The average Bonchev–Trinajstić information content (AvgIpc) is 2.76. The van der Waals surface area contributed by atoms with Crippen LogP contribution in [0.25, 0.3) is 0 Å². The zero-order valence-corrected chi connectivity index (χ0v) is 16.8. The molecule has 0 unspecified atom stereocenters. The van der Waals surface area contributed by atoms with Gasteiger partial charge in [-0.15, -0.1) is 0 Å². The summed E-state index contributed by atoms with van der Waals surface area (Å²) < 4.78 is 14.9. The van der Waals surface area contributed by atoms with Crippen LogP contribution in [0.2, 0.25) is 0 Å². The SMILES string of the molecule is CCOc1ccc(C(=O)CCC(=O)OCC(=O)Nc2ccccc2C(=O)OC)cc1. The number of hydrogen-bond acceptors (Lipinski definition) is 7. The summed E-state index contributed by atoms with van der Waals surface area (Å²) in [6.07, 6.45) is -0.197. The van der Waals surface area contributed by atoms with Crippen LogP contribution in [-0.2, 0) is 19.1 Å². The first kappa shape index (κ1) is 22.6. The normalized spacial score (nSPS) is 10.1. The Morgan fingerprint density at radius 3 is 2.30 bits per heavy atom. The Labute approximate surface area is 174 Å². The zero-order valence-electron chi connectivity index (χ0n) is 16.8. The van der Waals surface area contributed by atoms with Crippen LogP contribution >= 0.6 is 0 Å². The number of hydrogen-bond donors (Lipinski definition) is 1. The third kappa shape index (κ3) is 6.73. The third-order valence-electron chi connectivity index (χ3n) is 4.01. The Balaban J connectivity index is 1.78. The Kier molecular flexibility index (Phi) is 8.56. The van der Waals surface area contributed by atoms with Crippen LogP contribution in [0.1, 0.15) is 40.5 Å². The van der Waals surface area contributed by atoms with Gasteiger partial charge in [-0.25, -0.2) is 4.79 Å². The van der Waals surface area contributed by atoms with Crippen molar-refractivity contribution in [3.63, 3.8) is 0 Å². The zero-order chi connectivity index (χ0) is 21.9. The van der Waals surface area contributed by atoms with E-state index in [-0.39, 0.29) is 29.9 Å². The first-order chi connectivity index (χ1) is 14.4. The average molecular weight is 413 g/mol. The molecule has 8 nitrogen and oxygen atoms in total. The highest BCUT2D eigenvalue weighted by atomic mass is 16.5. The number of benzene rings is 2. The molecule has 0 aromatic heterocycles. The molecule has 1 N–H and O–H groups in total. The van der Waals surface area contributed by atoms with Crippen molar-refractivity contribution in [2.75, 3.05) is 25.6 Å². The molecule has 2 aromatic rings. The summed E-state index contributed by atoms with van der Waals surface area (Å²) in [5.74, 6) is -1.45. The van der Waals surface area contributed by atoms with Crippen LogP contribution in [0.3, 0.4) is 0 Å². The predicted molar refractivity (Wildman–Crippen MR) is 109 cm³/mol. The van der Waals surface area contributed by atoms with Crippen molar-refractivity contribution in [1.29, 1.82) is 0 Å². The van der Waals surface area contributed by atoms with E-state index in [9.17, 15) is 19.2 Å². The summed E-state index contributed by atoms with van der Waals surface area (Å²) >= 11 is 0. The molecule has 0 aliphatic rings. The van der Waals surface area contributed by atoms with E-state index in [0.717, 1.165) is 0 Å². The highest BCUT2D eigenvalue weighted by Gasteiger charge is 2.15. The summed E-state index contributed by atoms with van der Waals surface area (Å²) in [7, 11) is 1.23. The summed E-state index contributed by atoms with van der Waals surface area (Å²) in [6.45, 7) is 1.86. The molecule has 1 amide bonds. The van der Waals surface area contributed by atoms with Gasteiger partial charge >= 0.3 is 11.9 Å². The lowest BCUT2D eigenvalue weighted by Crippen LogP contribution is -2.22. The molecule has 2 rings (SSSR count). The maximum Gasteiger partial charge on any atom is 0.339 e. The second-order valence-corrected chi connectivity index (χ2v) is 6.13. The lowest BCUT2D eigenvalue weighted by Gasteiger charge is -2.10. The van der Waals surface area contributed by atoms with E-state index in [0.29, 0.717) is 17.9 Å². The third-order valence-corrected chi connectivity index (χ3v) is 4.01. The van der Waals surface area contributed by atoms with E-state index in [1.165, 1.54) is 19.2 Å². The Morgan fingerprint density at radius 2 is 1.63 bits per heavy atom. The van der Waals surface area contributed by atoms with Gasteiger partial charge in [0.15, 0.2) is 12.4 Å². The van der Waals surface area contributed by atoms with Gasteiger partial charge < -0.3 is 19.5 Å². The van der Waals surface area contributed by atoms with Gasteiger partial charge in [-0.3, -0.25) is 14.4 Å². The minimum absolute atomic E-state index is 0.0421. The summed E-state index contributed by atoms with van der Waals surface area (Å²) in [4.78, 5) is 47.7. The summed E-state index contributed by atoms with van der Waals surface area (Å²) in [6, 6.07) is 12.9. The monoisotopic (exact) mass is 413 g/mol. The molecule has 0 aliphatic carbocycles. The lowest BCUT2D eigenvalue weighted by molar-refractivity contribution is -0.147. The molecular weight excluding hydrogens is 390 g/mol. The van der Waals surface area contributed by atoms with Gasteiger partial charge in [0.25, 0.3) is 5.91 Å². The fourth-order valence-electron chi connectivity index (χ4n) is 2.55. The van der Waals surface area contributed by atoms with E-state index in [4.69, 9.17) is 9.47 Å². The second-order valence-electron chi connectivity index (χ2n) is 6.13. The number of ether oxygens (including phenoxy) is 3. The van der Waals surface area contributed by atoms with Gasteiger partial charge in [0.2, 0.25) is 0 Å². The largest absolute Gasteiger partial charge is 0.494 e. The maximum absolute atomic E-state index is 12.2. The molecule has 0 spiro atoms. The number of esters is 2. The molecular formula is C22H23NO7. The molecule has 2 aromatic carbocycles. The minimum atomic E-state index is -0.675. The van der Waals surface area contributed by atoms with Crippen molar-refractivity contribution in [3.8, 4) is 5.75 Å². The van der Waals surface area contributed by atoms with E-state index >= 15 is 0 Å². The van der Waals surface area contributed by atoms with Crippen molar-refractivity contribution in [3.05, 3.63) is 59.7 Å². The van der Waals surface area contributed by atoms with E-state index in [1.54, 1.807) is 36.4 Å². The van der Waals surface area contributed by atoms with E-state index in [1.807, 2.05) is 6.92 Å². The highest BCUT2D eigenvalue weighted by molar-refractivity contribution is 6.02. The number of methoxy groups -OCH3 is 1. The van der Waals surface area contributed by atoms with Crippen molar-refractivity contribution in [2.24, 2.45) is 0 Å². The number of carbonyl (C=O) groups excluding carboxylic acids is 4. The maximum atomic E-state index is 12.2. The molecule has 158 valence electrons. The fourth-order valence-corrected chi connectivity index (χ4v) is 2.55. The second kappa shape index (κ2) is 11.4. The molecule has 0 bridgehead atoms. The summed E-state index contributed by atoms with van der Waals surface area (Å²) in [5, 5.41) is 2.49. The van der Waals surface area contributed by atoms with Crippen molar-refractivity contribution >= 4 is 29.3 Å². The van der Waals surface area contributed by atoms with Crippen LogP contribution in [0.5, 0.6) is 5.75 Å². The van der Waals surface area contributed by atoms with Crippen molar-refractivity contribution in [1.82, 2.24) is 0 Å². The van der Waals surface area contributed by atoms with Gasteiger partial charge in [-0.1, -0.05) is 12.1 Å². The molecule has 8 heteroatoms. The number of ketones is 1. The van der Waals surface area contributed by atoms with Crippen LogP contribution in [0.15, 0.2) is 48.5 Å². The standard InChI is InChI=1S/C22H23NO7/c1-3-29-16-10-8-15(9-11-16)19(24)12-13-21(26)30-14-20(25)23-18-7-5-4-6-17(18)22(27)28-2/h4-11H,3,12-14H2,1-2H3,(H,23,25). The Morgan fingerprint density at radius 1 is 0.933 bits per heavy atom. The van der Waals surface area contributed by atoms with Gasteiger partial charge in [-0.05, 0) is 43.3 Å². The van der Waals surface area contributed by atoms with E-state index < -0.39 is 24.5 Å². The first-order valence-electron chi connectivity index (χ1n) is 9.33. The number of Topliss-reactive ketones (excluding diaryl/α,β-unsaturated/α-hetero) is 1. The fraction of sp³-hybridized carbons (Fsp3) is 0.273. The number of para-hydroxylation sites is 1. The predicted octanol–water partition coefficient (Wildman–Crippen LogP) is 3.02. The molecule has 30 heavy (non-hydrogen) atoms. The topological polar surface area (TPSA) is 108 Å². The van der Waals surface area contributed by atoms with Crippen LogP contribution in [0.4, 0.5) is 5.69 Å². The molecule has 0 aliphatic heterocycles. The van der Waals surface area contributed by atoms with Crippen LogP contribution < -0.4 is 10.1 Å². The van der Waals surface area contributed by atoms with E-state index in [2.05, 4.69) is 10.1 Å². The van der Waals surface area contributed by atoms with Gasteiger partial charge in [0.05, 0.1) is 31.4 Å². The smallest absolute Gasteiger partial charge is 0.339 e. The lowest BCUT2D eigenvalue weighted by atomic mass is 10.1. The number of rotatable bonds is 10. The number of nitrogens with one attached hydrogen (secondary N) is 1. The van der Waals surface area contributed by atoms with Gasteiger partial charge in [0.1, 0.15) is 5.75 Å². The number of anilines is 1. The number of amides is 1. The number of carbonyl (C=O) groups is 4. The molecule has 0 fully saturated rings. The minimum Gasteiger partial charge on any atom is -0.494 e. The van der Waals surface area contributed by atoms with Crippen molar-refractivity contribution in [2.45, 2.75) is 19.8 Å². The molecule has 0 saturated carbocycles. The van der Waals surface area contributed by atoms with Crippen LogP contribution in [0, 0.1) is 0 Å². The van der Waals surface area contributed by atoms with Crippen molar-refractivity contribution < 1.29 is 33.4 Å². The molecule has 0 heterocycles. The Hall–Kier alpha value is -3.68. The quantitative estimate of drug-likeness (QED) is 0.471. The summed E-state index contributed by atoms with van der Waals surface area (Å²) in [5.41, 5.74) is 0.889. The molecule has 0 atom stereocenters.